The maximum absolute atomic E-state index is 9.27. The number of nitrogens with one attached hydrogen (secondary N) is 1. The van der Waals surface area contributed by atoms with E-state index in [0.29, 0.717) is 0 Å². The summed E-state index contributed by atoms with van der Waals surface area (Å²) in [5.74, 6) is 0. The molecule has 2 N–H and O–H groups in total. The number of hydrogen-bond donors (Lipinski definition) is 2. The van der Waals surface area contributed by atoms with Gasteiger partial charge < -0.3 is 10.4 Å². The highest BCUT2D eigenvalue weighted by molar-refractivity contribution is 7.09. The lowest BCUT2D eigenvalue weighted by Gasteiger charge is -2.15. The van der Waals surface area contributed by atoms with Crippen LogP contribution in [-0.2, 0) is 0 Å². The van der Waals surface area contributed by atoms with Gasteiger partial charge in [0.15, 0.2) is 0 Å². The monoisotopic (exact) mass is 221 g/mol. The van der Waals surface area contributed by atoms with Gasteiger partial charge in [0.1, 0.15) is 6.33 Å². The highest BCUT2D eigenvalue weighted by Gasteiger charge is 2.10. The van der Waals surface area contributed by atoms with Gasteiger partial charge in [-0.1, -0.05) is 30.3 Å². The number of benzene rings is 1. The third-order valence-corrected chi connectivity index (χ3v) is 2.64. The van der Waals surface area contributed by atoms with Crippen LogP contribution < -0.4 is 5.32 Å². The number of aliphatic hydroxyl groups is 1. The molecule has 2 rings (SSSR count). The normalized spacial score (nSPS) is 12.3. The van der Waals surface area contributed by atoms with Crippen LogP contribution in [0.25, 0.3) is 0 Å². The van der Waals surface area contributed by atoms with E-state index in [1.807, 2.05) is 30.3 Å². The van der Waals surface area contributed by atoms with E-state index in [0.717, 1.165) is 10.7 Å². The van der Waals surface area contributed by atoms with Crippen molar-refractivity contribution in [1.82, 2.24) is 9.36 Å². The van der Waals surface area contributed by atoms with Crippen molar-refractivity contribution in [2.45, 2.75) is 6.04 Å². The minimum absolute atomic E-state index is 0.0313. The molecule has 0 spiro atoms. The smallest absolute Gasteiger partial charge is 0.202 e. The van der Waals surface area contributed by atoms with E-state index >= 15 is 0 Å². The SMILES string of the molecule is OCC(Nc1ncns1)c1ccccc1. The number of nitrogens with zero attached hydrogens (tertiary/aromatic N) is 2. The Morgan fingerprint density at radius 1 is 1.33 bits per heavy atom. The van der Waals surface area contributed by atoms with E-state index in [1.54, 1.807) is 0 Å². The summed E-state index contributed by atoms with van der Waals surface area (Å²) in [6.07, 6.45) is 1.49. The predicted octanol–water partition coefficient (Wildman–Crippen LogP) is 1.68. The van der Waals surface area contributed by atoms with E-state index in [9.17, 15) is 5.11 Å². The summed E-state index contributed by atoms with van der Waals surface area (Å²) in [5, 5.41) is 13.1. The molecular formula is C10H11N3OS. The summed E-state index contributed by atoms with van der Waals surface area (Å²) in [5.41, 5.74) is 1.04. The molecule has 0 amide bonds. The Hall–Kier alpha value is -1.46. The lowest BCUT2D eigenvalue weighted by atomic mass is 10.1. The molecule has 15 heavy (non-hydrogen) atoms. The van der Waals surface area contributed by atoms with Crippen LogP contribution in [0.1, 0.15) is 11.6 Å². The summed E-state index contributed by atoms with van der Waals surface area (Å²) >= 11 is 1.28. The first kappa shape index (κ1) is 10.1. The highest BCUT2D eigenvalue weighted by atomic mass is 32.1. The van der Waals surface area contributed by atoms with Gasteiger partial charge in [0.25, 0.3) is 0 Å². The Bertz CT molecular complexity index is 390. The van der Waals surface area contributed by atoms with Gasteiger partial charge in [-0.25, -0.2) is 4.98 Å². The van der Waals surface area contributed by atoms with Gasteiger partial charge in [0, 0.05) is 11.5 Å². The molecule has 1 unspecified atom stereocenters. The van der Waals surface area contributed by atoms with Crippen LogP contribution in [0.3, 0.4) is 0 Å². The van der Waals surface area contributed by atoms with Crippen molar-refractivity contribution in [3.05, 3.63) is 42.2 Å². The van der Waals surface area contributed by atoms with E-state index in [2.05, 4.69) is 14.7 Å². The molecular weight excluding hydrogens is 210 g/mol. The zero-order valence-electron chi connectivity index (χ0n) is 8.00. The fourth-order valence-electron chi connectivity index (χ4n) is 1.31. The van der Waals surface area contributed by atoms with Gasteiger partial charge in [-0.05, 0) is 5.56 Å². The molecule has 1 aromatic carbocycles. The number of aromatic nitrogens is 2. The molecule has 0 saturated heterocycles. The first-order valence-electron chi connectivity index (χ1n) is 4.59. The molecule has 0 aliphatic rings. The van der Waals surface area contributed by atoms with E-state index < -0.39 is 0 Å². The van der Waals surface area contributed by atoms with Gasteiger partial charge >= 0.3 is 0 Å². The minimum atomic E-state index is -0.126. The molecule has 4 nitrogen and oxygen atoms in total. The van der Waals surface area contributed by atoms with Crippen LogP contribution in [-0.4, -0.2) is 21.1 Å². The molecule has 0 aliphatic carbocycles. The third kappa shape index (κ3) is 2.51. The molecule has 0 aliphatic heterocycles. The van der Waals surface area contributed by atoms with Crippen LogP contribution in [0, 0.1) is 0 Å². The number of rotatable bonds is 4. The van der Waals surface area contributed by atoms with Crippen molar-refractivity contribution >= 4 is 16.7 Å². The summed E-state index contributed by atoms with van der Waals surface area (Å²) in [6, 6.07) is 9.64. The van der Waals surface area contributed by atoms with Crippen molar-refractivity contribution < 1.29 is 5.11 Å². The van der Waals surface area contributed by atoms with Crippen molar-refractivity contribution in [2.75, 3.05) is 11.9 Å². The van der Waals surface area contributed by atoms with Gasteiger partial charge in [0.2, 0.25) is 5.13 Å². The predicted molar refractivity (Wildman–Crippen MR) is 59.8 cm³/mol. The largest absolute Gasteiger partial charge is 0.394 e. The standard InChI is InChI=1S/C10H11N3OS/c14-6-9(8-4-2-1-3-5-8)13-10-11-7-12-15-10/h1-5,7,9,14H,6H2,(H,11,12,13). The average Bonchev–Trinajstić information content (AvgIpc) is 2.80. The van der Waals surface area contributed by atoms with Crippen molar-refractivity contribution in [2.24, 2.45) is 0 Å². The van der Waals surface area contributed by atoms with Crippen LogP contribution in [0.2, 0.25) is 0 Å². The minimum Gasteiger partial charge on any atom is -0.394 e. The maximum atomic E-state index is 9.27. The first-order chi connectivity index (χ1) is 7.40. The lowest BCUT2D eigenvalue weighted by molar-refractivity contribution is 0.276. The highest BCUT2D eigenvalue weighted by Crippen LogP contribution is 2.19. The quantitative estimate of drug-likeness (QED) is 0.824. The maximum Gasteiger partial charge on any atom is 0.202 e. The van der Waals surface area contributed by atoms with E-state index in [-0.39, 0.29) is 12.6 Å². The number of anilines is 1. The Balaban J connectivity index is 2.12. The van der Waals surface area contributed by atoms with E-state index in [4.69, 9.17) is 0 Å². The van der Waals surface area contributed by atoms with Gasteiger partial charge in [-0.3, -0.25) is 0 Å². The second-order valence-corrected chi connectivity index (χ2v) is 3.82. The second kappa shape index (κ2) is 4.86. The zero-order valence-corrected chi connectivity index (χ0v) is 8.81. The average molecular weight is 221 g/mol. The van der Waals surface area contributed by atoms with Crippen molar-refractivity contribution in [3.63, 3.8) is 0 Å². The Morgan fingerprint density at radius 3 is 2.73 bits per heavy atom. The van der Waals surface area contributed by atoms with E-state index in [1.165, 1.54) is 17.9 Å². The lowest BCUT2D eigenvalue weighted by Crippen LogP contribution is -2.14. The topological polar surface area (TPSA) is 58.0 Å². The van der Waals surface area contributed by atoms with Crippen LogP contribution in [0.4, 0.5) is 5.13 Å². The molecule has 1 aromatic heterocycles. The molecule has 2 aromatic rings. The van der Waals surface area contributed by atoms with Gasteiger partial charge in [-0.2, -0.15) is 4.37 Å². The zero-order chi connectivity index (χ0) is 10.5. The van der Waals surface area contributed by atoms with Crippen LogP contribution in [0.5, 0.6) is 0 Å². The van der Waals surface area contributed by atoms with Crippen molar-refractivity contribution in [1.29, 1.82) is 0 Å². The molecule has 0 radical (unpaired) electrons. The molecule has 0 fully saturated rings. The molecule has 78 valence electrons. The van der Waals surface area contributed by atoms with Gasteiger partial charge in [0.05, 0.1) is 12.6 Å². The molecule has 0 bridgehead atoms. The Kier molecular flexibility index (Phi) is 3.26. The number of aliphatic hydroxyl groups excluding tert-OH is 1. The first-order valence-corrected chi connectivity index (χ1v) is 5.36. The van der Waals surface area contributed by atoms with Gasteiger partial charge in [-0.15, -0.1) is 0 Å². The molecule has 1 heterocycles. The van der Waals surface area contributed by atoms with Crippen LogP contribution >= 0.6 is 11.5 Å². The summed E-state index contributed by atoms with van der Waals surface area (Å²) in [6.45, 7) is 0.0313. The molecule has 1 atom stereocenters. The summed E-state index contributed by atoms with van der Waals surface area (Å²) < 4.78 is 3.89. The second-order valence-electron chi connectivity index (χ2n) is 3.04. The fraction of sp³-hybridized carbons (Fsp3) is 0.200. The molecule has 5 heteroatoms. The fourth-order valence-corrected chi connectivity index (χ4v) is 1.79. The van der Waals surface area contributed by atoms with Crippen molar-refractivity contribution in [3.8, 4) is 0 Å². The van der Waals surface area contributed by atoms with Crippen LogP contribution in [0.15, 0.2) is 36.7 Å². The Labute approximate surface area is 91.8 Å². The third-order valence-electron chi connectivity index (χ3n) is 2.04. The summed E-state index contributed by atoms with van der Waals surface area (Å²) in [4.78, 5) is 4.01. The molecule has 0 saturated carbocycles. The number of hydrogen-bond acceptors (Lipinski definition) is 5. The Morgan fingerprint density at radius 2 is 2.13 bits per heavy atom. The summed E-state index contributed by atoms with van der Waals surface area (Å²) in [7, 11) is 0.